The van der Waals surface area contributed by atoms with E-state index in [9.17, 15) is 4.79 Å². The molecule has 92 valence electrons. The number of Topliss-reactive ketones (excluding diaryl/α,β-unsaturated/α-hetero) is 1. The first-order valence-electron chi connectivity index (χ1n) is 5.65. The second-order valence-electron chi connectivity index (χ2n) is 4.00. The standard InChI is InChI=1S/C14H13ClN2O/c15-11-8-12(14(16)17-9-11)13(18)7-6-10-4-2-1-3-5-10/h1-5,8-9H,6-7H2,(H2,16,17). The zero-order chi connectivity index (χ0) is 13.0. The van der Waals surface area contributed by atoms with Crippen LogP contribution in [0.15, 0.2) is 42.6 Å². The van der Waals surface area contributed by atoms with Crippen LogP contribution in [0.4, 0.5) is 5.82 Å². The van der Waals surface area contributed by atoms with Gasteiger partial charge in [0.1, 0.15) is 5.82 Å². The Hall–Kier alpha value is -1.87. The molecule has 0 aliphatic carbocycles. The van der Waals surface area contributed by atoms with E-state index in [-0.39, 0.29) is 11.6 Å². The van der Waals surface area contributed by atoms with Gasteiger partial charge in [0, 0.05) is 12.6 Å². The number of aryl methyl sites for hydroxylation is 1. The first-order valence-corrected chi connectivity index (χ1v) is 6.03. The minimum absolute atomic E-state index is 0.0358. The Kier molecular flexibility index (Phi) is 3.95. The van der Waals surface area contributed by atoms with Gasteiger partial charge in [-0.3, -0.25) is 4.79 Å². The summed E-state index contributed by atoms with van der Waals surface area (Å²) < 4.78 is 0. The highest BCUT2D eigenvalue weighted by Crippen LogP contribution is 2.17. The van der Waals surface area contributed by atoms with E-state index in [1.807, 2.05) is 30.3 Å². The van der Waals surface area contributed by atoms with Crippen molar-refractivity contribution in [3.63, 3.8) is 0 Å². The third kappa shape index (κ3) is 3.08. The molecule has 1 aromatic heterocycles. The number of nitrogens with zero attached hydrogens (tertiary/aromatic N) is 1. The first-order chi connectivity index (χ1) is 8.66. The molecule has 2 N–H and O–H groups in total. The molecule has 1 heterocycles. The van der Waals surface area contributed by atoms with Gasteiger partial charge in [0.05, 0.1) is 10.6 Å². The highest BCUT2D eigenvalue weighted by molar-refractivity contribution is 6.31. The molecule has 0 aliphatic heterocycles. The van der Waals surface area contributed by atoms with Gasteiger partial charge in [-0.25, -0.2) is 4.98 Å². The van der Waals surface area contributed by atoms with Crippen molar-refractivity contribution in [3.05, 3.63) is 58.7 Å². The normalized spacial score (nSPS) is 10.3. The van der Waals surface area contributed by atoms with E-state index >= 15 is 0 Å². The summed E-state index contributed by atoms with van der Waals surface area (Å²) in [5, 5.41) is 0.423. The molecule has 4 heteroatoms. The van der Waals surface area contributed by atoms with Crippen molar-refractivity contribution in [2.75, 3.05) is 5.73 Å². The maximum absolute atomic E-state index is 12.0. The summed E-state index contributed by atoms with van der Waals surface area (Å²) in [6, 6.07) is 11.4. The van der Waals surface area contributed by atoms with E-state index in [0.29, 0.717) is 23.4 Å². The molecule has 0 aliphatic rings. The van der Waals surface area contributed by atoms with Crippen LogP contribution in [0.1, 0.15) is 22.3 Å². The van der Waals surface area contributed by atoms with Gasteiger partial charge >= 0.3 is 0 Å². The maximum Gasteiger partial charge on any atom is 0.166 e. The molecule has 1 aromatic carbocycles. The number of benzene rings is 1. The maximum atomic E-state index is 12.0. The summed E-state index contributed by atoms with van der Waals surface area (Å²) in [5.74, 6) is 0.198. The van der Waals surface area contributed by atoms with Gasteiger partial charge in [0.15, 0.2) is 5.78 Å². The van der Waals surface area contributed by atoms with Crippen molar-refractivity contribution in [2.24, 2.45) is 0 Å². The molecule has 0 unspecified atom stereocenters. The van der Waals surface area contributed by atoms with Crippen molar-refractivity contribution in [2.45, 2.75) is 12.8 Å². The lowest BCUT2D eigenvalue weighted by molar-refractivity contribution is 0.0983. The molecule has 0 saturated carbocycles. The van der Waals surface area contributed by atoms with Crippen LogP contribution in [-0.4, -0.2) is 10.8 Å². The average Bonchev–Trinajstić information content (AvgIpc) is 2.40. The third-order valence-corrected chi connectivity index (χ3v) is 2.88. The molecule has 18 heavy (non-hydrogen) atoms. The summed E-state index contributed by atoms with van der Waals surface area (Å²) in [4.78, 5) is 15.9. The van der Waals surface area contributed by atoms with Gasteiger partial charge in [0.25, 0.3) is 0 Å². The molecule has 0 saturated heterocycles. The summed E-state index contributed by atoms with van der Waals surface area (Å²) in [6.45, 7) is 0. The first kappa shape index (κ1) is 12.6. The van der Waals surface area contributed by atoms with Crippen molar-refractivity contribution in [1.29, 1.82) is 0 Å². The molecular weight excluding hydrogens is 248 g/mol. The van der Waals surface area contributed by atoms with Crippen molar-refractivity contribution >= 4 is 23.2 Å². The summed E-state index contributed by atoms with van der Waals surface area (Å²) in [5.41, 5.74) is 7.19. The van der Waals surface area contributed by atoms with Crippen LogP contribution in [0.5, 0.6) is 0 Å². The second-order valence-corrected chi connectivity index (χ2v) is 4.43. The van der Waals surface area contributed by atoms with Crippen LogP contribution in [0.3, 0.4) is 0 Å². The smallest absolute Gasteiger partial charge is 0.166 e. The Morgan fingerprint density at radius 3 is 2.72 bits per heavy atom. The van der Waals surface area contributed by atoms with E-state index in [4.69, 9.17) is 17.3 Å². The number of ketones is 1. The minimum atomic E-state index is -0.0358. The van der Waals surface area contributed by atoms with Crippen LogP contribution >= 0.6 is 11.6 Å². The highest BCUT2D eigenvalue weighted by Gasteiger charge is 2.11. The molecule has 0 radical (unpaired) electrons. The van der Waals surface area contributed by atoms with Gasteiger partial charge in [0.2, 0.25) is 0 Å². The average molecular weight is 261 g/mol. The van der Waals surface area contributed by atoms with Crippen molar-refractivity contribution in [3.8, 4) is 0 Å². The number of carbonyl (C=O) groups excluding carboxylic acids is 1. The van der Waals surface area contributed by atoms with Gasteiger partial charge < -0.3 is 5.73 Å². The predicted octanol–water partition coefficient (Wildman–Crippen LogP) is 3.13. The second kappa shape index (κ2) is 5.65. The Balaban J connectivity index is 2.06. The fraction of sp³-hybridized carbons (Fsp3) is 0.143. The number of rotatable bonds is 4. The number of hydrogen-bond acceptors (Lipinski definition) is 3. The fourth-order valence-electron chi connectivity index (χ4n) is 1.71. The topological polar surface area (TPSA) is 56.0 Å². The van der Waals surface area contributed by atoms with E-state index in [1.54, 1.807) is 6.07 Å². The number of carbonyl (C=O) groups is 1. The van der Waals surface area contributed by atoms with Crippen LogP contribution < -0.4 is 5.73 Å². The SMILES string of the molecule is Nc1ncc(Cl)cc1C(=O)CCc1ccccc1. The monoisotopic (exact) mass is 260 g/mol. The molecule has 3 nitrogen and oxygen atoms in total. The molecule has 0 bridgehead atoms. The Morgan fingerprint density at radius 1 is 1.28 bits per heavy atom. The summed E-state index contributed by atoms with van der Waals surface area (Å²) >= 11 is 5.81. The molecule has 0 spiro atoms. The van der Waals surface area contributed by atoms with Crippen LogP contribution in [0.2, 0.25) is 5.02 Å². The van der Waals surface area contributed by atoms with E-state index in [2.05, 4.69) is 4.98 Å². The molecule has 0 fully saturated rings. The predicted molar refractivity (Wildman–Crippen MR) is 72.8 cm³/mol. The zero-order valence-corrected chi connectivity index (χ0v) is 10.5. The van der Waals surface area contributed by atoms with Crippen molar-refractivity contribution < 1.29 is 4.79 Å². The van der Waals surface area contributed by atoms with E-state index < -0.39 is 0 Å². The highest BCUT2D eigenvalue weighted by atomic mass is 35.5. The van der Waals surface area contributed by atoms with Crippen LogP contribution in [0.25, 0.3) is 0 Å². The number of pyridine rings is 1. The number of halogens is 1. The fourth-order valence-corrected chi connectivity index (χ4v) is 1.87. The Bertz CT molecular complexity index is 555. The van der Waals surface area contributed by atoms with E-state index in [0.717, 1.165) is 5.56 Å². The zero-order valence-electron chi connectivity index (χ0n) is 9.77. The van der Waals surface area contributed by atoms with Crippen LogP contribution in [-0.2, 0) is 6.42 Å². The van der Waals surface area contributed by atoms with E-state index in [1.165, 1.54) is 6.20 Å². The molecular formula is C14H13ClN2O. The van der Waals surface area contributed by atoms with Gasteiger partial charge in [-0.15, -0.1) is 0 Å². The molecule has 2 aromatic rings. The van der Waals surface area contributed by atoms with Gasteiger partial charge in [-0.1, -0.05) is 41.9 Å². The number of nitrogens with two attached hydrogens (primary N) is 1. The van der Waals surface area contributed by atoms with Crippen molar-refractivity contribution in [1.82, 2.24) is 4.98 Å². The van der Waals surface area contributed by atoms with Crippen LogP contribution in [0, 0.1) is 0 Å². The summed E-state index contributed by atoms with van der Waals surface area (Å²) in [7, 11) is 0. The quantitative estimate of drug-likeness (QED) is 0.860. The lowest BCUT2D eigenvalue weighted by Crippen LogP contribution is -2.06. The number of hydrogen-bond donors (Lipinski definition) is 1. The summed E-state index contributed by atoms with van der Waals surface area (Å²) in [6.07, 6.45) is 2.52. The minimum Gasteiger partial charge on any atom is -0.383 e. The molecule has 2 rings (SSSR count). The molecule has 0 amide bonds. The largest absolute Gasteiger partial charge is 0.383 e. The Labute approximate surface area is 111 Å². The number of anilines is 1. The molecule has 0 atom stereocenters. The van der Waals surface area contributed by atoms with Gasteiger partial charge in [-0.2, -0.15) is 0 Å². The lowest BCUT2D eigenvalue weighted by Gasteiger charge is -2.04. The number of aromatic nitrogens is 1. The third-order valence-electron chi connectivity index (χ3n) is 2.67. The Morgan fingerprint density at radius 2 is 2.00 bits per heavy atom. The lowest BCUT2D eigenvalue weighted by atomic mass is 10.0. The number of nitrogen functional groups attached to an aromatic ring is 1. The van der Waals surface area contributed by atoms with Gasteiger partial charge in [-0.05, 0) is 18.1 Å².